The zero-order valence-electron chi connectivity index (χ0n) is 17.6. The van der Waals surface area contributed by atoms with Crippen molar-refractivity contribution in [3.63, 3.8) is 0 Å². The van der Waals surface area contributed by atoms with E-state index in [0.29, 0.717) is 17.9 Å². The van der Waals surface area contributed by atoms with Crippen LogP contribution in [0, 0.1) is 0 Å². The number of aromatic nitrogens is 1. The molecule has 0 atom stereocenters. The first kappa shape index (κ1) is 20.2. The van der Waals surface area contributed by atoms with Crippen LogP contribution >= 0.6 is 0 Å². The highest BCUT2D eigenvalue weighted by molar-refractivity contribution is 6.00. The number of para-hydroxylation sites is 1. The van der Waals surface area contributed by atoms with Crippen molar-refractivity contribution in [2.24, 2.45) is 0 Å². The molecule has 2 aromatic heterocycles. The van der Waals surface area contributed by atoms with Crippen LogP contribution in [0.5, 0.6) is 0 Å². The molecule has 0 saturated carbocycles. The predicted octanol–water partition coefficient (Wildman–Crippen LogP) is 3.86. The number of nitrogens with one attached hydrogen (secondary N) is 2. The number of carbonyl (C=O) groups excluding carboxylic acids is 1. The van der Waals surface area contributed by atoms with E-state index in [1.165, 1.54) is 6.07 Å². The summed E-state index contributed by atoms with van der Waals surface area (Å²) in [5.41, 5.74) is 1.02. The van der Waals surface area contributed by atoms with Crippen LogP contribution < -0.4 is 16.3 Å². The Labute approximate surface area is 185 Å². The quantitative estimate of drug-likeness (QED) is 0.470. The number of amides is 1. The minimum absolute atomic E-state index is 0.0630. The largest absolute Gasteiger partial charge is 0.423 e. The molecule has 2 aromatic carbocycles. The normalized spacial score (nSPS) is 15.1. The van der Waals surface area contributed by atoms with Crippen LogP contribution in [-0.2, 0) is 4.79 Å². The second-order valence-electron chi connectivity index (χ2n) is 8.10. The molecule has 4 aromatic rings. The van der Waals surface area contributed by atoms with Gasteiger partial charge in [0.2, 0.25) is 5.91 Å². The van der Waals surface area contributed by atoms with Crippen LogP contribution in [0.3, 0.4) is 0 Å². The van der Waals surface area contributed by atoms with Gasteiger partial charge in [-0.25, -0.2) is 9.78 Å². The maximum atomic E-state index is 12.6. The molecule has 0 unspecified atom stereocenters. The van der Waals surface area contributed by atoms with E-state index in [1.807, 2.05) is 48.5 Å². The number of nitrogens with zero attached hydrogens (tertiary/aromatic N) is 2. The second-order valence-corrected chi connectivity index (χ2v) is 8.10. The fraction of sp³-hybridized carbons (Fsp3) is 0.240. The molecule has 0 aliphatic carbocycles. The average Bonchev–Trinajstić information content (AvgIpc) is 2.80. The van der Waals surface area contributed by atoms with Crippen LogP contribution in [0.4, 0.5) is 11.5 Å². The standard InChI is InChI=1S/C25H24N4O3/c30-23(28-25-19-6-2-1-5-17(19)9-12-26-25)16-29-13-10-18(11-14-29)27-21-15-24(31)32-22-8-4-3-7-20(21)22/h1-9,12,15,18,27H,10-11,13-14,16H2,(H,26,28,30). The Bertz CT molecular complexity index is 1320. The number of rotatable bonds is 5. The average molecular weight is 428 g/mol. The molecule has 32 heavy (non-hydrogen) atoms. The van der Waals surface area contributed by atoms with E-state index in [9.17, 15) is 9.59 Å². The van der Waals surface area contributed by atoms with Gasteiger partial charge in [0.25, 0.3) is 0 Å². The molecule has 162 valence electrons. The van der Waals surface area contributed by atoms with Gasteiger partial charge in [0.1, 0.15) is 11.4 Å². The Hall–Kier alpha value is -3.71. The summed E-state index contributed by atoms with van der Waals surface area (Å²) in [6.07, 6.45) is 3.48. The zero-order valence-corrected chi connectivity index (χ0v) is 17.6. The van der Waals surface area contributed by atoms with Gasteiger partial charge in [0, 0.05) is 42.2 Å². The molecular weight excluding hydrogens is 404 g/mol. The Kier molecular flexibility index (Phi) is 5.56. The van der Waals surface area contributed by atoms with E-state index >= 15 is 0 Å². The highest BCUT2D eigenvalue weighted by Crippen LogP contribution is 2.24. The molecule has 7 nitrogen and oxygen atoms in total. The monoisotopic (exact) mass is 428 g/mol. The number of piperidine rings is 1. The molecule has 0 radical (unpaired) electrons. The van der Waals surface area contributed by atoms with Gasteiger partial charge in [0.05, 0.1) is 12.2 Å². The third-order valence-electron chi connectivity index (χ3n) is 5.90. The van der Waals surface area contributed by atoms with Crippen LogP contribution in [0.1, 0.15) is 12.8 Å². The lowest BCUT2D eigenvalue weighted by Gasteiger charge is -2.32. The second kappa shape index (κ2) is 8.80. The lowest BCUT2D eigenvalue weighted by atomic mass is 10.0. The first-order chi connectivity index (χ1) is 15.7. The predicted molar refractivity (Wildman–Crippen MR) is 126 cm³/mol. The summed E-state index contributed by atoms with van der Waals surface area (Å²) in [5.74, 6) is 0.534. The molecule has 7 heteroatoms. The lowest BCUT2D eigenvalue weighted by Crippen LogP contribution is -2.42. The molecule has 0 spiro atoms. The summed E-state index contributed by atoms with van der Waals surface area (Å²) < 4.78 is 5.27. The first-order valence-corrected chi connectivity index (χ1v) is 10.8. The van der Waals surface area contributed by atoms with Crippen LogP contribution in [0.2, 0.25) is 0 Å². The minimum Gasteiger partial charge on any atom is -0.423 e. The maximum Gasteiger partial charge on any atom is 0.338 e. The fourth-order valence-electron chi connectivity index (χ4n) is 4.28. The van der Waals surface area contributed by atoms with Crippen molar-refractivity contribution < 1.29 is 9.21 Å². The smallest absolute Gasteiger partial charge is 0.338 e. The van der Waals surface area contributed by atoms with Crippen molar-refractivity contribution in [2.45, 2.75) is 18.9 Å². The van der Waals surface area contributed by atoms with Crippen molar-refractivity contribution in [3.8, 4) is 0 Å². The minimum atomic E-state index is -0.359. The van der Waals surface area contributed by atoms with Gasteiger partial charge < -0.3 is 15.1 Å². The lowest BCUT2D eigenvalue weighted by molar-refractivity contribution is -0.117. The number of anilines is 2. The maximum absolute atomic E-state index is 12.6. The fourth-order valence-corrected chi connectivity index (χ4v) is 4.28. The summed E-state index contributed by atoms with van der Waals surface area (Å²) in [6, 6.07) is 19.1. The van der Waals surface area contributed by atoms with Crippen LogP contribution in [-0.4, -0.2) is 41.5 Å². The highest BCUT2D eigenvalue weighted by atomic mass is 16.4. The summed E-state index contributed by atoms with van der Waals surface area (Å²) in [7, 11) is 0. The zero-order chi connectivity index (χ0) is 21.9. The molecule has 3 heterocycles. The van der Waals surface area contributed by atoms with E-state index in [2.05, 4.69) is 20.5 Å². The van der Waals surface area contributed by atoms with Gasteiger partial charge in [0.15, 0.2) is 0 Å². The molecule has 2 N–H and O–H groups in total. The summed E-state index contributed by atoms with van der Waals surface area (Å²) in [5, 5.41) is 9.34. The molecule has 1 saturated heterocycles. The Morgan fingerprint density at radius 1 is 1.03 bits per heavy atom. The topological polar surface area (TPSA) is 87.5 Å². The van der Waals surface area contributed by atoms with Gasteiger partial charge in [-0.05, 0) is 36.4 Å². The van der Waals surface area contributed by atoms with E-state index in [1.54, 1.807) is 12.3 Å². The summed E-state index contributed by atoms with van der Waals surface area (Å²) in [6.45, 7) is 1.93. The van der Waals surface area contributed by atoms with Gasteiger partial charge >= 0.3 is 5.63 Å². The van der Waals surface area contributed by atoms with Gasteiger partial charge in [-0.1, -0.05) is 36.4 Å². The molecule has 0 bridgehead atoms. The van der Waals surface area contributed by atoms with Crippen molar-refractivity contribution in [3.05, 3.63) is 77.3 Å². The molecule has 1 aliphatic rings. The van der Waals surface area contributed by atoms with Crippen LogP contribution in [0.25, 0.3) is 21.7 Å². The van der Waals surface area contributed by atoms with Crippen LogP contribution in [0.15, 0.2) is 76.1 Å². The van der Waals surface area contributed by atoms with Crippen molar-refractivity contribution in [2.75, 3.05) is 30.3 Å². The third-order valence-corrected chi connectivity index (χ3v) is 5.90. The molecule has 1 fully saturated rings. The van der Waals surface area contributed by atoms with Gasteiger partial charge in [-0.2, -0.15) is 0 Å². The Balaban J connectivity index is 1.18. The Morgan fingerprint density at radius 2 is 1.78 bits per heavy atom. The number of pyridine rings is 1. The number of benzene rings is 2. The van der Waals surface area contributed by atoms with Gasteiger partial charge in [-0.15, -0.1) is 0 Å². The van der Waals surface area contributed by atoms with E-state index < -0.39 is 0 Å². The van der Waals surface area contributed by atoms with Crippen molar-refractivity contribution in [1.29, 1.82) is 0 Å². The molecule has 1 amide bonds. The van der Waals surface area contributed by atoms with Crippen molar-refractivity contribution in [1.82, 2.24) is 9.88 Å². The van der Waals surface area contributed by atoms with E-state index in [0.717, 1.165) is 47.8 Å². The van der Waals surface area contributed by atoms with Crippen molar-refractivity contribution >= 4 is 39.2 Å². The number of carbonyl (C=O) groups is 1. The van der Waals surface area contributed by atoms with E-state index in [-0.39, 0.29) is 17.6 Å². The first-order valence-electron chi connectivity index (χ1n) is 10.8. The number of hydrogen-bond donors (Lipinski definition) is 2. The SMILES string of the molecule is O=C(CN1CCC(Nc2cc(=O)oc3ccccc23)CC1)Nc1nccc2ccccc12. The number of likely N-dealkylation sites (tertiary alicyclic amines) is 1. The molecule has 1 aliphatic heterocycles. The summed E-state index contributed by atoms with van der Waals surface area (Å²) >= 11 is 0. The number of hydrogen-bond acceptors (Lipinski definition) is 6. The van der Waals surface area contributed by atoms with Gasteiger partial charge in [-0.3, -0.25) is 9.69 Å². The number of fused-ring (bicyclic) bond motifs is 2. The Morgan fingerprint density at radius 3 is 2.62 bits per heavy atom. The highest BCUT2D eigenvalue weighted by Gasteiger charge is 2.22. The molecular formula is C25H24N4O3. The molecule has 5 rings (SSSR count). The third kappa shape index (κ3) is 4.33. The summed E-state index contributed by atoms with van der Waals surface area (Å²) in [4.78, 5) is 31.0. The van der Waals surface area contributed by atoms with E-state index in [4.69, 9.17) is 4.42 Å².